The van der Waals surface area contributed by atoms with Gasteiger partial charge in [0, 0.05) is 31.5 Å². The number of pyridine rings is 1. The van der Waals surface area contributed by atoms with Gasteiger partial charge < -0.3 is 14.6 Å². The molecule has 1 saturated heterocycles. The molecule has 2 heterocycles. The van der Waals surface area contributed by atoms with Crippen LogP contribution in [0.25, 0.3) is 0 Å². The summed E-state index contributed by atoms with van der Waals surface area (Å²) < 4.78 is 7.57. The maximum atomic E-state index is 11.6. The standard InChI is InChI=1S/C15H24N2O2/c1-4-15(3)10-12(8-9-19-15)16-13-6-7-14(18)17(5-2)11-13/h6-7,11-12,16H,4-5,8-10H2,1-3H3. The number of anilines is 1. The van der Waals surface area contributed by atoms with Crippen LogP contribution in [0, 0.1) is 0 Å². The third-order valence-electron chi connectivity index (χ3n) is 4.04. The van der Waals surface area contributed by atoms with Gasteiger partial charge in [-0.05, 0) is 39.2 Å². The lowest BCUT2D eigenvalue weighted by atomic mass is 9.90. The summed E-state index contributed by atoms with van der Waals surface area (Å²) in [6, 6.07) is 3.92. The fourth-order valence-corrected chi connectivity index (χ4v) is 2.60. The number of aromatic nitrogens is 1. The maximum Gasteiger partial charge on any atom is 0.250 e. The third-order valence-corrected chi connectivity index (χ3v) is 4.04. The zero-order valence-electron chi connectivity index (χ0n) is 12.1. The van der Waals surface area contributed by atoms with E-state index >= 15 is 0 Å². The van der Waals surface area contributed by atoms with Crippen molar-refractivity contribution >= 4 is 5.69 Å². The molecular formula is C15H24N2O2. The Morgan fingerprint density at radius 3 is 2.95 bits per heavy atom. The van der Waals surface area contributed by atoms with Gasteiger partial charge in [0.2, 0.25) is 0 Å². The molecule has 0 bridgehead atoms. The average molecular weight is 264 g/mol. The minimum Gasteiger partial charge on any atom is -0.381 e. The first-order chi connectivity index (χ1) is 9.06. The Kier molecular flexibility index (Phi) is 4.30. The van der Waals surface area contributed by atoms with Gasteiger partial charge in [-0.2, -0.15) is 0 Å². The molecule has 0 radical (unpaired) electrons. The second kappa shape index (κ2) is 5.78. The highest BCUT2D eigenvalue weighted by atomic mass is 16.5. The molecule has 2 unspecified atom stereocenters. The minimum atomic E-state index is -0.0187. The fourth-order valence-electron chi connectivity index (χ4n) is 2.60. The smallest absolute Gasteiger partial charge is 0.250 e. The van der Waals surface area contributed by atoms with E-state index in [1.165, 1.54) is 0 Å². The van der Waals surface area contributed by atoms with E-state index in [4.69, 9.17) is 4.74 Å². The second-order valence-corrected chi connectivity index (χ2v) is 5.53. The number of rotatable bonds is 4. The number of aryl methyl sites for hydroxylation is 1. The highest BCUT2D eigenvalue weighted by molar-refractivity contribution is 5.41. The van der Waals surface area contributed by atoms with E-state index in [9.17, 15) is 4.79 Å². The Balaban J connectivity index is 2.06. The molecule has 1 N–H and O–H groups in total. The first-order valence-corrected chi connectivity index (χ1v) is 7.17. The predicted molar refractivity (Wildman–Crippen MR) is 77.7 cm³/mol. The van der Waals surface area contributed by atoms with Crippen molar-refractivity contribution in [1.82, 2.24) is 4.57 Å². The van der Waals surface area contributed by atoms with Crippen LogP contribution < -0.4 is 10.9 Å². The predicted octanol–water partition coefficient (Wildman–Crippen LogP) is 2.63. The monoisotopic (exact) mass is 264 g/mol. The second-order valence-electron chi connectivity index (χ2n) is 5.53. The summed E-state index contributed by atoms with van der Waals surface area (Å²) in [5, 5.41) is 3.53. The molecule has 0 aliphatic carbocycles. The van der Waals surface area contributed by atoms with Gasteiger partial charge >= 0.3 is 0 Å². The van der Waals surface area contributed by atoms with E-state index in [1.54, 1.807) is 10.6 Å². The van der Waals surface area contributed by atoms with E-state index in [1.807, 2.05) is 19.2 Å². The Morgan fingerprint density at radius 1 is 1.47 bits per heavy atom. The average Bonchev–Trinajstić information content (AvgIpc) is 2.41. The number of ether oxygens (including phenoxy) is 1. The van der Waals surface area contributed by atoms with Crippen LogP contribution in [0.1, 0.15) is 40.0 Å². The Hall–Kier alpha value is -1.29. The van der Waals surface area contributed by atoms with Crippen molar-refractivity contribution in [3.8, 4) is 0 Å². The Morgan fingerprint density at radius 2 is 2.26 bits per heavy atom. The highest BCUT2D eigenvalue weighted by Gasteiger charge is 2.31. The van der Waals surface area contributed by atoms with Crippen molar-refractivity contribution in [2.45, 2.75) is 58.2 Å². The molecule has 2 atom stereocenters. The number of hydrogen-bond donors (Lipinski definition) is 1. The van der Waals surface area contributed by atoms with Crippen LogP contribution in [0.4, 0.5) is 5.69 Å². The van der Waals surface area contributed by atoms with E-state index in [2.05, 4.69) is 19.2 Å². The molecule has 1 aromatic rings. The van der Waals surface area contributed by atoms with Crippen molar-refractivity contribution in [2.24, 2.45) is 0 Å². The Bertz CT molecular complexity index is 483. The van der Waals surface area contributed by atoms with Crippen LogP contribution in [-0.4, -0.2) is 22.8 Å². The van der Waals surface area contributed by atoms with Crippen LogP contribution >= 0.6 is 0 Å². The van der Waals surface area contributed by atoms with E-state index in [0.717, 1.165) is 31.6 Å². The molecule has 1 aliphatic rings. The molecule has 2 rings (SSSR count). The normalized spacial score (nSPS) is 27.2. The van der Waals surface area contributed by atoms with Crippen LogP contribution in [0.5, 0.6) is 0 Å². The zero-order valence-corrected chi connectivity index (χ0v) is 12.1. The fraction of sp³-hybridized carbons (Fsp3) is 0.667. The lowest BCUT2D eigenvalue weighted by Gasteiger charge is -2.38. The minimum absolute atomic E-state index is 0.0187. The lowest BCUT2D eigenvalue weighted by Crippen LogP contribution is -2.42. The molecule has 106 valence electrons. The molecule has 4 heteroatoms. The van der Waals surface area contributed by atoms with E-state index < -0.39 is 0 Å². The largest absolute Gasteiger partial charge is 0.381 e. The van der Waals surface area contributed by atoms with Crippen molar-refractivity contribution in [3.63, 3.8) is 0 Å². The summed E-state index contributed by atoms with van der Waals surface area (Å²) in [7, 11) is 0. The molecule has 1 aliphatic heterocycles. The van der Waals surface area contributed by atoms with Crippen molar-refractivity contribution < 1.29 is 4.74 Å². The molecule has 1 aromatic heterocycles. The first-order valence-electron chi connectivity index (χ1n) is 7.17. The van der Waals surface area contributed by atoms with Gasteiger partial charge in [-0.1, -0.05) is 6.92 Å². The van der Waals surface area contributed by atoms with Gasteiger partial charge in [0.25, 0.3) is 5.56 Å². The molecule has 0 aromatic carbocycles. The van der Waals surface area contributed by atoms with Gasteiger partial charge in [-0.15, -0.1) is 0 Å². The molecule has 1 fully saturated rings. The maximum absolute atomic E-state index is 11.6. The van der Waals surface area contributed by atoms with Crippen molar-refractivity contribution in [2.75, 3.05) is 11.9 Å². The van der Waals surface area contributed by atoms with Crippen LogP contribution in [0.15, 0.2) is 23.1 Å². The molecule has 19 heavy (non-hydrogen) atoms. The highest BCUT2D eigenvalue weighted by Crippen LogP contribution is 2.29. The summed E-state index contributed by atoms with van der Waals surface area (Å²) >= 11 is 0. The first kappa shape index (κ1) is 14.1. The SMILES string of the molecule is CCn1cc(NC2CCOC(C)(CC)C2)ccc1=O. The lowest BCUT2D eigenvalue weighted by molar-refractivity contribution is -0.0708. The molecule has 0 spiro atoms. The van der Waals surface area contributed by atoms with Crippen molar-refractivity contribution in [1.29, 1.82) is 0 Å². The summed E-state index contributed by atoms with van der Waals surface area (Å²) in [6.45, 7) is 7.82. The molecule has 0 saturated carbocycles. The topological polar surface area (TPSA) is 43.3 Å². The summed E-state index contributed by atoms with van der Waals surface area (Å²) in [5.41, 5.74) is 1.06. The zero-order chi connectivity index (χ0) is 13.9. The van der Waals surface area contributed by atoms with E-state index in [-0.39, 0.29) is 11.2 Å². The Labute approximate surface area is 114 Å². The van der Waals surface area contributed by atoms with Crippen LogP contribution in [-0.2, 0) is 11.3 Å². The van der Waals surface area contributed by atoms with Crippen LogP contribution in [0.2, 0.25) is 0 Å². The van der Waals surface area contributed by atoms with Gasteiger partial charge in [0.15, 0.2) is 0 Å². The van der Waals surface area contributed by atoms with E-state index in [0.29, 0.717) is 12.6 Å². The number of hydrogen-bond acceptors (Lipinski definition) is 3. The number of nitrogens with one attached hydrogen (secondary N) is 1. The summed E-state index contributed by atoms with van der Waals surface area (Å²) in [4.78, 5) is 11.6. The van der Waals surface area contributed by atoms with Gasteiger partial charge in [-0.3, -0.25) is 4.79 Å². The summed E-state index contributed by atoms with van der Waals surface area (Å²) in [5.74, 6) is 0. The van der Waals surface area contributed by atoms with Crippen LogP contribution in [0.3, 0.4) is 0 Å². The van der Waals surface area contributed by atoms with Gasteiger partial charge in [0.1, 0.15) is 0 Å². The molecule has 0 amide bonds. The quantitative estimate of drug-likeness (QED) is 0.909. The van der Waals surface area contributed by atoms with Gasteiger partial charge in [0.05, 0.1) is 11.3 Å². The number of nitrogens with zero attached hydrogens (tertiary/aromatic N) is 1. The van der Waals surface area contributed by atoms with Crippen molar-refractivity contribution in [3.05, 3.63) is 28.7 Å². The molecule has 4 nitrogen and oxygen atoms in total. The van der Waals surface area contributed by atoms with Gasteiger partial charge in [-0.25, -0.2) is 0 Å². The third kappa shape index (κ3) is 3.38. The summed E-state index contributed by atoms with van der Waals surface area (Å²) in [6.07, 6.45) is 4.95. The molecular weight excluding hydrogens is 240 g/mol.